The van der Waals surface area contributed by atoms with Crippen LogP contribution in [-0.4, -0.2) is 24.8 Å². The Kier molecular flexibility index (Phi) is 5.79. The zero-order chi connectivity index (χ0) is 9.40. The first-order valence-corrected chi connectivity index (χ1v) is 3.86. The van der Waals surface area contributed by atoms with Gasteiger partial charge in [0.2, 0.25) is 0 Å². The van der Waals surface area contributed by atoms with Gasteiger partial charge in [-0.3, -0.25) is 14.8 Å². The topological polar surface area (TPSA) is 41.8 Å². The van der Waals surface area contributed by atoms with Gasteiger partial charge in [-0.15, -0.1) is 0 Å². The molecule has 0 rings (SSSR count). The highest BCUT2D eigenvalue weighted by atomic mass is 16.1. The minimum atomic E-state index is 0.163. The first-order valence-electron chi connectivity index (χ1n) is 3.86. The van der Waals surface area contributed by atoms with E-state index < -0.39 is 0 Å². The molecular weight excluding hydrogens is 152 g/mol. The molecule has 0 saturated carbocycles. The van der Waals surface area contributed by atoms with E-state index in [1.54, 1.807) is 13.3 Å². The first-order chi connectivity index (χ1) is 5.74. The van der Waals surface area contributed by atoms with E-state index in [-0.39, 0.29) is 5.78 Å². The molecule has 0 unspecified atom stereocenters. The number of ketones is 1. The summed E-state index contributed by atoms with van der Waals surface area (Å²) in [5.74, 6) is 0.163. The van der Waals surface area contributed by atoms with Crippen LogP contribution in [0.3, 0.4) is 0 Å². The Balaban J connectivity index is 4.23. The van der Waals surface area contributed by atoms with E-state index in [2.05, 4.69) is 16.6 Å². The number of aliphatic imine (C=N–C) groups is 2. The van der Waals surface area contributed by atoms with Crippen LogP contribution in [0, 0.1) is 0 Å². The van der Waals surface area contributed by atoms with Gasteiger partial charge < -0.3 is 0 Å². The molecule has 66 valence electrons. The van der Waals surface area contributed by atoms with Crippen molar-refractivity contribution in [2.24, 2.45) is 9.98 Å². The van der Waals surface area contributed by atoms with Crippen molar-refractivity contribution in [2.75, 3.05) is 7.05 Å². The maximum absolute atomic E-state index is 11.0. The fraction of sp³-hybridized carbons (Fsp3) is 0.444. The standard InChI is InChI=1S/C9H14N2O/c1-4-9(12)6-8(7-10-3)11-5-2/h5,7H,2,4,6H2,1,3H3. The molecule has 0 aromatic rings. The molecule has 0 spiro atoms. The molecule has 0 aliphatic heterocycles. The van der Waals surface area contributed by atoms with Crippen LogP contribution in [-0.2, 0) is 4.79 Å². The third-order valence-corrected chi connectivity index (χ3v) is 1.31. The second kappa shape index (κ2) is 6.46. The van der Waals surface area contributed by atoms with Crippen LogP contribution in [0.4, 0.5) is 0 Å². The largest absolute Gasteiger partial charge is 0.299 e. The lowest BCUT2D eigenvalue weighted by Crippen LogP contribution is -2.07. The molecule has 12 heavy (non-hydrogen) atoms. The fourth-order valence-electron chi connectivity index (χ4n) is 0.718. The van der Waals surface area contributed by atoms with Crippen molar-refractivity contribution in [2.45, 2.75) is 19.8 Å². The van der Waals surface area contributed by atoms with Gasteiger partial charge in [0, 0.05) is 25.9 Å². The second-order valence-electron chi connectivity index (χ2n) is 2.26. The normalized spacial score (nSPS) is 12.0. The zero-order valence-corrected chi connectivity index (χ0v) is 7.58. The highest BCUT2D eigenvalue weighted by Crippen LogP contribution is 1.92. The van der Waals surface area contributed by atoms with E-state index in [0.29, 0.717) is 18.6 Å². The van der Waals surface area contributed by atoms with Crippen molar-refractivity contribution in [1.82, 2.24) is 0 Å². The summed E-state index contributed by atoms with van der Waals surface area (Å²) >= 11 is 0. The third-order valence-electron chi connectivity index (χ3n) is 1.31. The number of nitrogens with zero attached hydrogens (tertiary/aromatic N) is 2. The molecule has 0 saturated heterocycles. The van der Waals surface area contributed by atoms with E-state index in [4.69, 9.17) is 0 Å². The lowest BCUT2D eigenvalue weighted by Gasteiger charge is -1.95. The Bertz CT molecular complexity index is 217. The van der Waals surface area contributed by atoms with Gasteiger partial charge in [-0.05, 0) is 0 Å². The van der Waals surface area contributed by atoms with Crippen LogP contribution in [0.25, 0.3) is 0 Å². The summed E-state index contributed by atoms with van der Waals surface area (Å²) < 4.78 is 0. The van der Waals surface area contributed by atoms with Crippen LogP contribution in [0.1, 0.15) is 19.8 Å². The van der Waals surface area contributed by atoms with Crippen LogP contribution in [0.5, 0.6) is 0 Å². The molecular formula is C9H14N2O. The van der Waals surface area contributed by atoms with Crippen LogP contribution >= 0.6 is 0 Å². The van der Waals surface area contributed by atoms with E-state index >= 15 is 0 Å². The highest BCUT2D eigenvalue weighted by Gasteiger charge is 2.01. The fourth-order valence-corrected chi connectivity index (χ4v) is 0.718. The molecule has 0 radical (unpaired) electrons. The van der Waals surface area contributed by atoms with Gasteiger partial charge in [0.05, 0.1) is 12.1 Å². The molecule has 0 amide bonds. The number of Topliss-reactive ketones (excluding diaryl/α,β-unsaturated/α-hetero) is 1. The molecule has 0 fully saturated rings. The third kappa shape index (κ3) is 4.55. The molecule has 0 aromatic heterocycles. The quantitative estimate of drug-likeness (QED) is 0.572. The minimum Gasteiger partial charge on any atom is -0.299 e. The maximum Gasteiger partial charge on any atom is 0.138 e. The predicted molar refractivity (Wildman–Crippen MR) is 52.0 cm³/mol. The molecule has 0 bridgehead atoms. The Morgan fingerprint density at radius 2 is 2.25 bits per heavy atom. The van der Waals surface area contributed by atoms with Crippen LogP contribution in [0.2, 0.25) is 0 Å². The summed E-state index contributed by atoms with van der Waals surface area (Å²) in [6.45, 7) is 5.29. The monoisotopic (exact) mass is 166 g/mol. The lowest BCUT2D eigenvalue weighted by molar-refractivity contribution is -0.117. The summed E-state index contributed by atoms with van der Waals surface area (Å²) in [5, 5.41) is 0. The lowest BCUT2D eigenvalue weighted by atomic mass is 10.1. The highest BCUT2D eigenvalue weighted by molar-refractivity contribution is 6.34. The number of carbonyl (C=O) groups excluding carboxylic acids is 1. The molecule has 0 heterocycles. The average molecular weight is 166 g/mol. The average Bonchev–Trinajstić information content (AvgIpc) is 2.05. The molecule has 0 aromatic carbocycles. The van der Waals surface area contributed by atoms with Gasteiger partial charge >= 0.3 is 0 Å². The summed E-state index contributed by atoms with van der Waals surface area (Å²) in [5.41, 5.74) is 0.666. The summed E-state index contributed by atoms with van der Waals surface area (Å²) in [6, 6.07) is 0. The first kappa shape index (κ1) is 10.8. The summed E-state index contributed by atoms with van der Waals surface area (Å²) in [4.78, 5) is 18.7. The minimum absolute atomic E-state index is 0.163. The predicted octanol–water partition coefficient (Wildman–Crippen LogP) is 1.64. The van der Waals surface area contributed by atoms with E-state index in [0.717, 1.165) is 0 Å². The van der Waals surface area contributed by atoms with Gasteiger partial charge in [-0.2, -0.15) is 0 Å². The van der Waals surface area contributed by atoms with Crippen molar-refractivity contribution < 1.29 is 4.79 Å². The Morgan fingerprint density at radius 3 is 2.67 bits per heavy atom. The van der Waals surface area contributed by atoms with Crippen molar-refractivity contribution in [3.8, 4) is 0 Å². The van der Waals surface area contributed by atoms with Gasteiger partial charge in [0.25, 0.3) is 0 Å². The number of carbonyl (C=O) groups is 1. The Labute approximate surface area is 72.9 Å². The van der Waals surface area contributed by atoms with Gasteiger partial charge in [0.1, 0.15) is 5.78 Å². The van der Waals surface area contributed by atoms with E-state index in [9.17, 15) is 4.79 Å². The van der Waals surface area contributed by atoms with Crippen molar-refractivity contribution >= 4 is 17.7 Å². The Morgan fingerprint density at radius 1 is 1.58 bits per heavy atom. The second-order valence-corrected chi connectivity index (χ2v) is 2.26. The van der Waals surface area contributed by atoms with Crippen molar-refractivity contribution in [1.29, 1.82) is 0 Å². The van der Waals surface area contributed by atoms with Gasteiger partial charge in [-0.1, -0.05) is 13.5 Å². The van der Waals surface area contributed by atoms with Crippen LogP contribution < -0.4 is 0 Å². The molecule has 0 N–H and O–H groups in total. The van der Waals surface area contributed by atoms with Crippen molar-refractivity contribution in [3.63, 3.8) is 0 Å². The zero-order valence-electron chi connectivity index (χ0n) is 7.58. The number of hydrogen-bond acceptors (Lipinski definition) is 3. The van der Waals surface area contributed by atoms with Crippen LogP contribution in [0.15, 0.2) is 22.8 Å². The van der Waals surface area contributed by atoms with Gasteiger partial charge in [-0.25, -0.2) is 0 Å². The summed E-state index contributed by atoms with van der Waals surface area (Å²) in [7, 11) is 1.65. The molecule has 0 aliphatic rings. The SMILES string of the molecule is C=CN=C(C=NC)CC(=O)CC. The molecule has 3 heteroatoms. The van der Waals surface area contributed by atoms with E-state index in [1.165, 1.54) is 6.20 Å². The summed E-state index contributed by atoms with van der Waals surface area (Å²) in [6.07, 6.45) is 3.88. The van der Waals surface area contributed by atoms with E-state index in [1.807, 2.05) is 6.92 Å². The smallest absolute Gasteiger partial charge is 0.138 e. The van der Waals surface area contributed by atoms with Crippen molar-refractivity contribution in [3.05, 3.63) is 12.8 Å². The number of hydrogen-bond donors (Lipinski definition) is 0. The molecule has 0 atom stereocenters. The van der Waals surface area contributed by atoms with Gasteiger partial charge in [0.15, 0.2) is 0 Å². The molecule has 0 aliphatic carbocycles. The maximum atomic E-state index is 11.0. The molecule has 3 nitrogen and oxygen atoms in total. The number of rotatable bonds is 5. The Hall–Kier alpha value is -1.25.